The molecule has 0 radical (unpaired) electrons. The molecule has 98 valence electrons. The fraction of sp³-hybridized carbons (Fsp3) is 0.176. The summed E-state index contributed by atoms with van der Waals surface area (Å²) in [5.41, 5.74) is 4.80. The number of aromatic nitrogens is 3. The number of H-pyrrole nitrogens is 1. The van der Waals surface area contributed by atoms with Crippen molar-refractivity contribution in [3.05, 3.63) is 60.7 Å². The quantitative estimate of drug-likeness (QED) is 0.773. The van der Waals surface area contributed by atoms with E-state index in [1.165, 1.54) is 24.0 Å². The number of hydrogen-bond donors (Lipinski definition) is 1. The Balaban J connectivity index is 1.69. The normalized spacial score (nSPS) is 14.4. The maximum absolute atomic E-state index is 4.33. The van der Waals surface area contributed by atoms with Crippen molar-refractivity contribution in [2.45, 2.75) is 18.8 Å². The summed E-state index contributed by atoms with van der Waals surface area (Å²) in [6.07, 6.45) is 10.0. The van der Waals surface area contributed by atoms with E-state index in [2.05, 4.69) is 45.3 Å². The number of nitrogens with zero attached hydrogens (tertiary/aromatic N) is 2. The van der Waals surface area contributed by atoms with Gasteiger partial charge >= 0.3 is 0 Å². The summed E-state index contributed by atoms with van der Waals surface area (Å²) < 4.78 is 0. The molecule has 0 aliphatic heterocycles. The van der Waals surface area contributed by atoms with Gasteiger partial charge in [0.1, 0.15) is 5.82 Å². The van der Waals surface area contributed by atoms with Gasteiger partial charge in [-0.1, -0.05) is 24.3 Å². The molecule has 3 heteroatoms. The second kappa shape index (κ2) is 4.60. The number of pyridine rings is 1. The first-order valence-corrected chi connectivity index (χ1v) is 6.95. The van der Waals surface area contributed by atoms with Gasteiger partial charge in [-0.3, -0.25) is 4.98 Å². The fourth-order valence-electron chi connectivity index (χ4n) is 2.51. The largest absolute Gasteiger partial charge is 0.345 e. The maximum Gasteiger partial charge on any atom is 0.138 e. The van der Waals surface area contributed by atoms with E-state index in [1.807, 2.05) is 18.6 Å². The number of hydrogen-bond acceptors (Lipinski definition) is 2. The van der Waals surface area contributed by atoms with Crippen LogP contribution in [-0.2, 0) is 0 Å². The van der Waals surface area contributed by atoms with Gasteiger partial charge in [0.15, 0.2) is 0 Å². The highest BCUT2D eigenvalue weighted by Gasteiger charge is 2.22. The van der Waals surface area contributed by atoms with Gasteiger partial charge in [0, 0.05) is 35.9 Å². The molecule has 0 atom stereocenters. The molecule has 0 bridgehead atoms. The Hall–Kier alpha value is -2.42. The Kier molecular flexibility index (Phi) is 2.62. The topological polar surface area (TPSA) is 41.6 Å². The molecule has 0 spiro atoms. The van der Waals surface area contributed by atoms with Crippen molar-refractivity contribution in [1.82, 2.24) is 15.0 Å². The van der Waals surface area contributed by atoms with Crippen molar-refractivity contribution < 1.29 is 0 Å². The van der Waals surface area contributed by atoms with Gasteiger partial charge in [0.2, 0.25) is 0 Å². The minimum absolute atomic E-state index is 0.802. The lowest BCUT2D eigenvalue weighted by atomic mass is 10.0. The van der Waals surface area contributed by atoms with Crippen molar-refractivity contribution in [2.24, 2.45) is 0 Å². The van der Waals surface area contributed by atoms with Gasteiger partial charge in [-0.25, -0.2) is 4.98 Å². The number of imidazole rings is 1. The third-order valence-corrected chi connectivity index (χ3v) is 3.80. The highest BCUT2D eigenvalue weighted by atomic mass is 14.9. The zero-order valence-electron chi connectivity index (χ0n) is 11.1. The molecule has 1 saturated carbocycles. The summed E-state index contributed by atoms with van der Waals surface area (Å²) in [6.45, 7) is 0. The van der Waals surface area contributed by atoms with Crippen LogP contribution in [0.15, 0.2) is 55.1 Å². The first kappa shape index (κ1) is 11.4. The highest BCUT2D eigenvalue weighted by molar-refractivity contribution is 5.69. The molecule has 20 heavy (non-hydrogen) atoms. The smallest absolute Gasteiger partial charge is 0.138 e. The van der Waals surface area contributed by atoms with Crippen LogP contribution in [0.4, 0.5) is 0 Å². The van der Waals surface area contributed by atoms with E-state index in [9.17, 15) is 0 Å². The molecule has 1 N–H and O–H groups in total. The number of benzene rings is 1. The Bertz CT molecular complexity index is 710. The predicted molar refractivity (Wildman–Crippen MR) is 79.2 cm³/mol. The third kappa shape index (κ3) is 2.11. The van der Waals surface area contributed by atoms with Crippen LogP contribution >= 0.6 is 0 Å². The van der Waals surface area contributed by atoms with Crippen LogP contribution in [-0.4, -0.2) is 15.0 Å². The number of rotatable bonds is 3. The average Bonchev–Trinajstić information content (AvgIpc) is 3.22. The molecule has 0 saturated heterocycles. The molecule has 1 aliphatic carbocycles. The first-order valence-electron chi connectivity index (χ1n) is 6.95. The Morgan fingerprint density at radius 3 is 2.45 bits per heavy atom. The Morgan fingerprint density at radius 1 is 0.950 bits per heavy atom. The summed E-state index contributed by atoms with van der Waals surface area (Å²) >= 11 is 0. The molecule has 1 aromatic carbocycles. The zero-order chi connectivity index (χ0) is 13.4. The van der Waals surface area contributed by atoms with E-state index >= 15 is 0 Å². The molecule has 0 amide bonds. The second-order valence-electron chi connectivity index (χ2n) is 5.30. The van der Waals surface area contributed by atoms with E-state index in [-0.39, 0.29) is 0 Å². The van der Waals surface area contributed by atoms with Crippen LogP contribution in [0.1, 0.15) is 24.3 Å². The van der Waals surface area contributed by atoms with E-state index in [0.717, 1.165) is 22.9 Å². The van der Waals surface area contributed by atoms with Crippen molar-refractivity contribution in [1.29, 1.82) is 0 Å². The maximum atomic E-state index is 4.33. The molecule has 3 nitrogen and oxygen atoms in total. The third-order valence-electron chi connectivity index (χ3n) is 3.80. The minimum atomic E-state index is 0.802. The molecular formula is C17H15N3. The molecule has 1 fully saturated rings. The van der Waals surface area contributed by atoms with Crippen LogP contribution in [0.5, 0.6) is 0 Å². The molecule has 4 rings (SSSR count). The van der Waals surface area contributed by atoms with Crippen LogP contribution in [0.3, 0.4) is 0 Å². The van der Waals surface area contributed by atoms with Crippen molar-refractivity contribution >= 4 is 0 Å². The molecule has 0 unspecified atom stereocenters. The lowest BCUT2D eigenvalue weighted by molar-refractivity contribution is 1.13. The summed E-state index contributed by atoms with van der Waals surface area (Å²) in [7, 11) is 0. The van der Waals surface area contributed by atoms with E-state index < -0.39 is 0 Å². The van der Waals surface area contributed by atoms with E-state index in [0.29, 0.717) is 0 Å². The molecule has 1 aliphatic rings. The van der Waals surface area contributed by atoms with Crippen molar-refractivity contribution in [3.63, 3.8) is 0 Å². The Labute approximate surface area is 117 Å². The number of aromatic amines is 1. The van der Waals surface area contributed by atoms with Crippen molar-refractivity contribution in [3.8, 4) is 22.5 Å². The highest BCUT2D eigenvalue weighted by Crippen LogP contribution is 2.40. The van der Waals surface area contributed by atoms with Crippen LogP contribution in [0.2, 0.25) is 0 Å². The SMILES string of the molecule is c1c[nH]c(-c2cncc(-c3ccc(C4CC4)cc3)c2)n1. The van der Waals surface area contributed by atoms with Gasteiger partial charge in [0.25, 0.3) is 0 Å². The lowest BCUT2D eigenvalue weighted by Crippen LogP contribution is -1.86. The van der Waals surface area contributed by atoms with Gasteiger partial charge in [0.05, 0.1) is 0 Å². The monoisotopic (exact) mass is 261 g/mol. The minimum Gasteiger partial charge on any atom is -0.345 e. The van der Waals surface area contributed by atoms with Crippen molar-refractivity contribution in [2.75, 3.05) is 0 Å². The molecule has 2 aromatic heterocycles. The predicted octanol–water partition coefficient (Wildman–Crippen LogP) is 4.02. The first-order chi connectivity index (χ1) is 9.90. The van der Waals surface area contributed by atoms with Gasteiger partial charge < -0.3 is 4.98 Å². The van der Waals surface area contributed by atoms with Gasteiger partial charge in [-0.05, 0) is 36.0 Å². The Morgan fingerprint density at radius 2 is 1.75 bits per heavy atom. The summed E-state index contributed by atoms with van der Waals surface area (Å²) in [6, 6.07) is 11.0. The summed E-state index contributed by atoms with van der Waals surface area (Å²) in [5.74, 6) is 1.66. The fourth-order valence-corrected chi connectivity index (χ4v) is 2.51. The van der Waals surface area contributed by atoms with E-state index in [1.54, 1.807) is 6.20 Å². The molecular weight excluding hydrogens is 246 g/mol. The second-order valence-corrected chi connectivity index (χ2v) is 5.30. The van der Waals surface area contributed by atoms with E-state index in [4.69, 9.17) is 0 Å². The average molecular weight is 261 g/mol. The number of nitrogens with one attached hydrogen (secondary N) is 1. The molecule has 3 aromatic rings. The van der Waals surface area contributed by atoms with Crippen LogP contribution < -0.4 is 0 Å². The standard InChI is InChI=1S/C17H15N3/c1-2-12(1)13-3-5-14(6-4-13)15-9-16(11-18-10-15)17-19-7-8-20-17/h3-12H,1-2H2,(H,19,20). The van der Waals surface area contributed by atoms with Crippen LogP contribution in [0.25, 0.3) is 22.5 Å². The lowest BCUT2D eigenvalue weighted by Gasteiger charge is -2.05. The van der Waals surface area contributed by atoms with Gasteiger partial charge in [-0.2, -0.15) is 0 Å². The van der Waals surface area contributed by atoms with Gasteiger partial charge in [-0.15, -0.1) is 0 Å². The van der Waals surface area contributed by atoms with Crippen LogP contribution in [0, 0.1) is 0 Å². The summed E-state index contributed by atoms with van der Waals surface area (Å²) in [4.78, 5) is 11.7. The summed E-state index contributed by atoms with van der Waals surface area (Å²) in [5, 5.41) is 0. The zero-order valence-corrected chi connectivity index (χ0v) is 11.1. The molecule has 2 heterocycles.